The van der Waals surface area contributed by atoms with E-state index in [0.717, 1.165) is 9.63 Å². The number of hydrogen-bond acceptors (Lipinski definition) is 3. The molecule has 15 heavy (non-hydrogen) atoms. The van der Waals surface area contributed by atoms with Crippen LogP contribution in [-0.2, 0) is 11.2 Å². The van der Waals surface area contributed by atoms with Gasteiger partial charge in [-0.15, -0.1) is 0 Å². The molecule has 0 bridgehead atoms. The average Bonchev–Trinajstić information content (AvgIpc) is 3.12. The molecule has 10 rings (SSSR count). The molecule has 0 aliphatic carbocycles. The molecule has 1 spiro atoms. The van der Waals surface area contributed by atoms with Gasteiger partial charge in [0.1, 0.15) is 0 Å². The van der Waals surface area contributed by atoms with Crippen molar-refractivity contribution < 1.29 is 21.2 Å². The van der Waals surface area contributed by atoms with Crippen LogP contribution in [0.1, 0.15) is 0 Å². The van der Waals surface area contributed by atoms with Crippen molar-refractivity contribution >= 4 is 7.32 Å². The summed E-state index contributed by atoms with van der Waals surface area (Å²) in [5.74, 6) is 0. The van der Waals surface area contributed by atoms with Crippen LogP contribution in [0.15, 0.2) is 0 Å². The third-order valence-corrected chi connectivity index (χ3v) is 56.7. The predicted octanol–water partition coefficient (Wildman–Crippen LogP) is 1.27. The quantitative estimate of drug-likeness (QED) is 0.721. The molecule has 3 nitrogen and oxygen atoms in total. The van der Waals surface area contributed by atoms with E-state index in [4.69, 9.17) is 4.65 Å². The first kappa shape index (κ1) is 5.41. The SMILES string of the molecule is OB(O)O[C]12[CH]3[CH]4[CH]5[CH]1[Fe]45321678[CH]2[CH]1[CH]6[CH]7[CH]28. The van der Waals surface area contributed by atoms with Crippen molar-refractivity contribution in [2.24, 2.45) is 0 Å². The Kier molecular flexibility index (Phi) is 0.139. The van der Waals surface area contributed by atoms with Crippen LogP contribution in [0.2, 0.25) is 43.3 Å². The Labute approximate surface area is 76.6 Å². The third kappa shape index (κ3) is 0.0471. The molecule has 0 aromatic heterocycles. The molecule has 0 saturated carbocycles. The summed E-state index contributed by atoms with van der Waals surface area (Å²) in [5, 5.41) is 18.5. The van der Waals surface area contributed by atoms with E-state index in [1.165, 1.54) is 33.7 Å². The van der Waals surface area contributed by atoms with Gasteiger partial charge in [0, 0.05) is 0 Å². The van der Waals surface area contributed by atoms with Crippen molar-refractivity contribution in [2.45, 2.75) is 47.8 Å². The first-order chi connectivity index (χ1) is 6.96. The molecule has 10 fully saturated rings. The van der Waals surface area contributed by atoms with E-state index in [1.807, 2.05) is 0 Å². The van der Waals surface area contributed by atoms with E-state index in [-0.39, 0.29) is 4.50 Å². The molecular weight excluding hydrogens is 235 g/mol. The van der Waals surface area contributed by atoms with E-state index >= 15 is 0 Å². The van der Waals surface area contributed by atoms with Gasteiger partial charge in [-0.05, 0) is 0 Å². The summed E-state index contributed by atoms with van der Waals surface area (Å²) in [6.45, 7) is -3.14. The second-order valence-electron chi connectivity index (χ2n) is 10.1. The van der Waals surface area contributed by atoms with Crippen LogP contribution in [0.3, 0.4) is 0 Å². The van der Waals surface area contributed by atoms with Gasteiger partial charge in [0.15, 0.2) is 0 Å². The fraction of sp³-hybridized carbons (Fsp3) is 1.00. The van der Waals surface area contributed by atoms with Gasteiger partial charge in [-0.1, -0.05) is 0 Å². The third-order valence-electron chi connectivity index (χ3n) is 14.8. The fourth-order valence-electron chi connectivity index (χ4n) is 16.4. The molecule has 2 N–H and O–H groups in total. The number of hydrogen-bond donors (Lipinski definition) is 2. The molecule has 10 aliphatic heterocycles. The van der Waals surface area contributed by atoms with Crippen LogP contribution in [0.5, 0.6) is 0 Å². The summed E-state index contributed by atoms with van der Waals surface area (Å²) >= 11 is 0. The zero-order valence-electron chi connectivity index (χ0n) is 7.93. The van der Waals surface area contributed by atoms with E-state index in [2.05, 4.69) is 0 Å². The van der Waals surface area contributed by atoms with Gasteiger partial charge in [0.25, 0.3) is 0 Å². The molecule has 0 aromatic carbocycles. The fourth-order valence-corrected chi connectivity index (χ4v) is 88.8. The van der Waals surface area contributed by atoms with Crippen molar-refractivity contribution in [1.82, 2.24) is 0 Å². The predicted molar refractivity (Wildman–Crippen MR) is 47.8 cm³/mol. The summed E-state index contributed by atoms with van der Waals surface area (Å²) in [6, 6.07) is 0. The molecule has 4 atom stereocenters. The maximum absolute atomic E-state index is 9.25. The molecule has 10 heterocycles. The second kappa shape index (κ2) is 0.386. The summed E-state index contributed by atoms with van der Waals surface area (Å²) in [7, 11) is -1.47. The van der Waals surface area contributed by atoms with E-state index in [0.29, 0.717) is 0 Å². The van der Waals surface area contributed by atoms with Crippen LogP contribution in [0, 0.1) is 0 Å². The van der Waals surface area contributed by atoms with Crippen LogP contribution in [0.25, 0.3) is 0 Å². The van der Waals surface area contributed by atoms with Crippen molar-refractivity contribution in [3.63, 3.8) is 0 Å². The summed E-state index contributed by atoms with van der Waals surface area (Å²) in [6.07, 6.45) is 0. The van der Waals surface area contributed by atoms with Crippen LogP contribution in [-0.4, -0.2) is 21.9 Å². The topological polar surface area (TPSA) is 49.7 Å². The van der Waals surface area contributed by atoms with Crippen LogP contribution < -0.4 is 0 Å². The van der Waals surface area contributed by atoms with Gasteiger partial charge in [-0.25, -0.2) is 0 Å². The van der Waals surface area contributed by atoms with Gasteiger partial charge in [0.05, 0.1) is 0 Å². The Hall–Kier alpha value is 0.464. The summed E-state index contributed by atoms with van der Waals surface area (Å²) in [4.78, 5) is 10.4. The standard InChI is InChI=1S/C5H6BO3.C5H5.Fe/c7-6(8)9-5-3-1-2-4-5;1-2-4-5-3-1;/h1-4,7-8H;1-5H;. The van der Waals surface area contributed by atoms with Crippen molar-refractivity contribution in [2.75, 3.05) is 0 Å². The van der Waals surface area contributed by atoms with E-state index in [9.17, 15) is 10.0 Å². The Morgan fingerprint density at radius 1 is 0.867 bits per heavy atom. The van der Waals surface area contributed by atoms with Crippen molar-refractivity contribution in [1.29, 1.82) is 0 Å². The first-order valence-electron chi connectivity index (χ1n) is 6.21. The van der Waals surface area contributed by atoms with Gasteiger partial charge < -0.3 is 0 Å². The molecule has 10 saturated heterocycles. The van der Waals surface area contributed by atoms with Gasteiger partial charge in [-0.2, -0.15) is 0 Å². The average molecular weight is 246 g/mol. The molecule has 4 unspecified atom stereocenters. The normalized spacial score (nSPS) is 133. The minimum atomic E-state index is -3.14. The van der Waals surface area contributed by atoms with Crippen molar-refractivity contribution in [3.8, 4) is 0 Å². The Morgan fingerprint density at radius 2 is 1.33 bits per heavy atom. The molecule has 0 radical (unpaired) electrons. The summed E-state index contributed by atoms with van der Waals surface area (Å²) in [5.41, 5.74) is 0. The van der Waals surface area contributed by atoms with Gasteiger partial charge >= 0.3 is 76.4 Å². The Bertz CT molecular complexity index is 825. The van der Waals surface area contributed by atoms with Crippen LogP contribution >= 0.6 is 0 Å². The summed E-state index contributed by atoms with van der Waals surface area (Å²) < 4.78 is 6.05. The zero-order valence-corrected chi connectivity index (χ0v) is 9.03. The minimum absolute atomic E-state index is 0.216. The van der Waals surface area contributed by atoms with Crippen LogP contribution in [0.4, 0.5) is 0 Å². The first-order valence-corrected chi connectivity index (χ1v) is 12.5. The van der Waals surface area contributed by atoms with E-state index < -0.39 is 13.8 Å². The van der Waals surface area contributed by atoms with E-state index in [1.54, 1.807) is 0 Å². The number of fused-ring (bicyclic) bond motifs is 10. The zero-order chi connectivity index (χ0) is 9.30. The molecule has 0 aromatic rings. The van der Waals surface area contributed by atoms with Gasteiger partial charge in [0.2, 0.25) is 0 Å². The molecule has 10 aliphatic rings. The Balaban J connectivity index is 1.70. The number of rotatable bonds is 2. The second-order valence-corrected chi connectivity index (χ2v) is 33.6. The molecule has 5 heteroatoms. The van der Waals surface area contributed by atoms with Gasteiger partial charge in [-0.3, -0.25) is 0 Å². The monoisotopic (exact) mass is 246 g/mol. The van der Waals surface area contributed by atoms with Crippen molar-refractivity contribution in [3.05, 3.63) is 0 Å². The Morgan fingerprint density at radius 3 is 1.53 bits per heavy atom. The molecule has 80 valence electrons. The molecular formula is C10H11BFeO3. The molecule has 0 amide bonds. The maximum atomic E-state index is 9.25.